The summed E-state index contributed by atoms with van der Waals surface area (Å²) in [5.74, 6) is 0.291. The number of fused-ring (bicyclic) bond motifs is 2. The summed E-state index contributed by atoms with van der Waals surface area (Å²) in [6.45, 7) is 8.94. The van der Waals surface area contributed by atoms with E-state index in [0.717, 1.165) is 29.8 Å². The third-order valence-corrected chi connectivity index (χ3v) is 8.33. The van der Waals surface area contributed by atoms with Crippen molar-refractivity contribution < 1.29 is 9.59 Å². The van der Waals surface area contributed by atoms with Crippen molar-refractivity contribution in [3.8, 4) is 0 Å². The summed E-state index contributed by atoms with van der Waals surface area (Å²) in [7, 11) is 0. The summed E-state index contributed by atoms with van der Waals surface area (Å²) >= 11 is 1.28. The number of aryl methyl sites for hydroxylation is 1. The van der Waals surface area contributed by atoms with Crippen molar-refractivity contribution in [1.82, 2.24) is 5.32 Å². The van der Waals surface area contributed by atoms with Crippen LogP contribution in [0.2, 0.25) is 0 Å². The smallest absolute Gasteiger partial charge is 0.240 e. The molecule has 1 aromatic carbocycles. The quantitative estimate of drug-likeness (QED) is 0.730. The van der Waals surface area contributed by atoms with Crippen LogP contribution in [0.1, 0.15) is 52.0 Å². The fourth-order valence-electron chi connectivity index (χ4n) is 4.79. The highest BCUT2D eigenvalue weighted by atomic mass is 32.2. The lowest BCUT2D eigenvalue weighted by Gasteiger charge is -2.34. The molecular weight excluding hydrogens is 384 g/mol. The number of amidine groups is 1. The molecule has 0 unspecified atom stereocenters. The largest absolute Gasteiger partial charge is 0.326 e. The molecule has 1 saturated heterocycles. The lowest BCUT2D eigenvalue weighted by Crippen LogP contribution is -2.32. The van der Waals surface area contributed by atoms with Gasteiger partial charge in [-0.1, -0.05) is 50.2 Å². The minimum absolute atomic E-state index is 0.0856. The van der Waals surface area contributed by atoms with E-state index in [1.165, 1.54) is 18.2 Å². The molecule has 1 aliphatic heterocycles. The van der Waals surface area contributed by atoms with Crippen LogP contribution in [0.25, 0.3) is 0 Å². The number of carbonyl (C=O) groups excluding carboxylic acids is 2. The SMILES string of the molecule is Cc1ccc(NC(=O)C[C@@H]2S/C(=N/N=C3\C[C@@H]4CC[C@]3(C)C4(C)C)NC2=O)cc1. The van der Waals surface area contributed by atoms with E-state index in [-0.39, 0.29) is 29.1 Å². The first-order valence-corrected chi connectivity index (χ1v) is 11.1. The molecule has 3 fully saturated rings. The molecule has 0 radical (unpaired) electrons. The first-order valence-electron chi connectivity index (χ1n) is 10.2. The van der Waals surface area contributed by atoms with E-state index in [0.29, 0.717) is 11.1 Å². The first kappa shape index (κ1) is 20.1. The number of hydrogen-bond donors (Lipinski definition) is 2. The lowest BCUT2D eigenvalue weighted by molar-refractivity contribution is -0.122. The number of benzene rings is 1. The fourth-order valence-corrected chi connectivity index (χ4v) is 5.71. The summed E-state index contributed by atoms with van der Waals surface area (Å²) in [5, 5.41) is 14.5. The van der Waals surface area contributed by atoms with Gasteiger partial charge in [0.25, 0.3) is 0 Å². The fraction of sp³-hybridized carbons (Fsp3) is 0.545. The van der Waals surface area contributed by atoms with E-state index in [1.807, 2.05) is 31.2 Å². The van der Waals surface area contributed by atoms with E-state index in [1.54, 1.807) is 0 Å². The molecule has 154 valence electrons. The van der Waals surface area contributed by atoms with Crippen LogP contribution in [-0.4, -0.2) is 27.9 Å². The number of anilines is 1. The number of nitrogens with zero attached hydrogens (tertiary/aromatic N) is 2. The molecule has 0 spiro atoms. The van der Waals surface area contributed by atoms with Gasteiger partial charge in [-0.05, 0) is 49.7 Å². The second kappa shape index (κ2) is 7.27. The maximum absolute atomic E-state index is 12.3. The Balaban J connectivity index is 1.38. The molecule has 7 heteroatoms. The minimum Gasteiger partial charge on any atom is -0.326 e. The molecule has 2 N–H and O–H groups in total. The van der Waals surface area contributed by atoms with Gasteiger partial charge < -0.3 is 10.6 Å². The number of amides is 2. The van der Waals surface area contributed by atoms with Crippen LogP contribution in [0, 0.1) is 23.7 Å². The Labute approximate surface area is 176 Å². The Morgan fingerprint density at radius 2 is 1.97 bits per heavy atom. The summed E-state index contributed by atoms with van der Waals surface area (Å²) in [4.78, 5) is 24.6. The average molecular weight is 413 g/mol. The van der Waals surface area contributed by atoms with Gasteiger partial charge in [-0.15, -0.1) is 5.10 Å². The van der Waals surface area contributed by atoms with Gasteiger partial charge in [0.15, 0.2) is 5.17 Å². The summed E-state index contributed by atoms with van der Waals surface area (Å²) in [6, 6.07) is 7.59. The highest BCUT2D eigenvalue weighted by Crippen LogP contribution is 2.64. The maximum Gasteiger partial charge on any atom is 0.240 e. The number of rotatable bonds is 4. The number of carbonyl (C=O) groups is 2. The van der Waals surface area contributed by atoms with Crippen LogP contribution in [0.3, 0.4) is 0 Å². The molecule has 6 nitrogen and oxygen atoms in total. The van der Waals surface area contributed by atoms with Gasteiger partial charge in [0.1, 0.15) is 5.25 Å². The second-order valence-electron chi connectivity index (χ2n) is 9.16. The summed E-state index contributed by atoms with van der Waals surface area (Å²) in [6.07, 6.45) is 3.49. The van der Waals surface area contributed by atoms with Gasteiger partial charge in [-0.3, -0.25) is 9.59 Å². The average Bonchev–Trinajstić information content (AvgIpc) is 3.18. The second-order valence-corrected chi connectivity index (χ2v) is 10.4. The normalized spacial score (nSPS) is 32.8. The topological polar surface area (TPSA) is 82.9 Å². The maximum atomic E-state index is 12.3. The van der Waals surface area contributed by atoms with Gasteiger partial charge in [0, 0.05) is 23.2 Å². The van der Waals surface area contributed by atoms with Crippen molar-refractivity contribution in [2.75, 3.05) is 5.32 Å². The highest BCUT2D eigenvalue weighted by Gasteiger charge is 2.60. The molecule has 1 heterocycles. The van der Waals surface area contributed by atoms with E-state index in [4.69, 9.17) is 0 Å². The summed E-state index contributed by atoms with van der Waals surface area (Å²) in [5.41, 5.74) is 3.33. The van der Waals surface area contributed by atoms with Crippen LogP contribution in [0.15, 0.2) is 34.5 Å². The predicted octanol–water partition coefficient (Wildman–Crippen LogP) is 4.11. The molecule has 3 aliphatic rings. The van der Waals surface area contributed by atoms with Crippen molar-refractivity contribution in [3.63, 3.8) is 0 Å². The third kappa shape index (κ3) is 3.61. The van der Waals surface area contributed by atoms with Gasteiger partial charge in [0.2, 0.25) is 11.8 Å². The monoisotopic (exact) mass is 412 g/mol. The molecule has 2 aliphatic carbocycles. The van der Waals surface area contributed by atoms with Crippen molar-refractivity contribution in [3.05, 3.63) is 29.8 Å². The lowest BCUT2D eigenvalue weighted by atomic mass is 9.70. The van der Waals surface area contributed by atoms with E-state index >= 15 is 0 Å². The minimum atomic E-state index is -0.480. The van der Waals surface area contributed by atoms with E-state index in [2.05, 4.69) is 41.6 Å². The summed E-state index contributed by atoms with van der Waals surface area (Å²) < 4.78 is 0. The number of nitrogens with one attached hydrogen (secondary N) is 2. The third-order valence-electron chi connectivity index (χ3n) is 7.26. The number of thioether (sulfide) groups is 1. The van der Waals surface area contributed by atoms with Crippen molar-refractivity contribution >= 4 is 40.1 Å². The zero-order valence-corrected chi connectivity index (χ0v) is 18.2. The molecule has 29 heavy (non-hydrogen) atoms. The Hall–Kier alpha value is -2.15. The van der Waals surface area contributed by atoms with Crippen LogP contribution in [-0.2, 0) is 9.59 Å². The van der Waals surface area contributed by atoms with Crippen LogP contribution < -0.4 is 10.6 Å². The Morgan fingerprint density at radius 1 is 1.24 bits per heavy atom. The molecule has 2 amide bonds. The zero-order valence-electron chi connectivity index (χ0n) is 17.4. The van der Waals surface area contributed by atoms with Gasteiger partial charge >= 0.3 is 0 Å². The van der Waals surface area contributed by atoms with Crippen molar-refractivity contribution in [2.24, 2.45) is 27.0 Å². The van der Waals surface area contributed by atoms with E-state index < -0.39 is 5.25 Å². The molecule has 1 aromatic rings. The van der Waals surface area contributed by atoms with Crippen LogP contribution in [0.5, 0.6) is 0 Å². The Kier molecular flexibility index (Phi) is 5.05. The molecule has 4 rings (SSSR count). The van der Waals surface area contributed by atoms with Gasteiger partial charge in [-0.2, -0.15) is 5.10 Å². The van der Waals surface area contributed by atoms with Crippen molar-refractivity contribution in [1.29, 1.82) is 0 Å². The van der Waals surface area contributed by atoms with E-state index in [9.17, 15) is 9.59 Å². The molecule has 2 saturated carbocycles. The van der Waals surface area contributed by atoms with Crippen molar-refractivity contribution in [2.45, 2.75) is 58.6 Å². The molecule has 0 aromatic heterocycles. The zero-order chi connectivity index (χ0) is 20.8. The predicted molar refractivity (Wildman–Crippen MR) is 118 cm³/mol. The Bertz CT molecular complexity index is 906. The van der Waals surface area contributed by atoms with Gasteiger partial charge in [-0.25, -0.2) is 0 Å². The first-order chi connectivity index (χ1) is 13.7. The van der Waals surface area contributed by atoms with Crippen LogP contribution in [0.4, 0.5) is 5.69 Å². The standard InChI is InChI=1S/C22H28N4O2S/c1-13-5-7-15(8-6-13)23-18(27)12-16-19(28)24-20(29-16)26-25-17-11-14-9-10-22(17,4)21(14,2)3/h5-8,14,16H,9-12H2,1-4H3,(H,23,27)(H,24,26,28)/b25-17+/t14-,16-,22-/m0/s1. The number of hydrogen-bond acceptors (Lipinski definition) is 5. The van der Waals surface area contributed by atoms with Gasteiger partial charge in [0.05, 0.1) is 0 Å². The highest BCUT2D eigenvalue weighted by molar-refractivity contribution is 8.15. The van der Waals surface area contributed by atoms with Crippen LogP contribution >= 0.6 is 11.8 Å². The molecular formula is C22H28N4O2S. The molecule has 2 bridgehead atoms. The molecule has 3 atom stereocenters. The Morgan fingerprint density at radius 3 is 2.59 bits per heavy atom.